The molecule has 1 saturated heterocycles. The molecular weight excluding hydrogens is 384 g/mol. The molecule has 3 aromatic rings. The van der Waals surface area contributed by atoms with Gasteiger partial charge in [0.15, 0.2) is 5.82 Å². The van der Waals surface area contributed by atoms with Gasteiger partial charge in [0, 0.05) is 19.6 Å². The van der Waals surface area contributed by atoms with Crippen LogP contribution in [0.3, 0.4) is 0 Å². The Morgan fingerprint density at radius 1 is 1.21 bits per heavy atom. The molecule has 1 aromatic carbocycles. The van der Waals surface area contributed by atoms with Crippen molar-refractivity contribution in [3.63, 3.8) is 0 Å². The van der Waals surface area contributed by atoms with Crippen LogP contribution in [0.2, 0.25) is 0 Å². The fourth-order valence-corrected chi connectivity index (χ4v) is 4.22. The standard InChI is InChI=1S/C22H24N4O2S/c1-28-18-8-6-16(7-9-18)14-23-22(27)17-4-2-12-26(15-17)21-11-10-19(24-25-21)20-5-3-13-29-20/h3,5-11,13,17H,2,4,12,14-15H2,1H3,(H,23,27). The van der Waals surface area contributed by atoms with Crippen LogP contribution in [0.25, 0.3) is 10.6 Å². The van der Waals surface area contributed by atoms with Gasteiger partial charge in [0.2, 0.25) is 5.91 Å². The van der Waals surface area contributed by atoms with Crippen molar-refractivity contribution in [3.8, 4) is 16.3 Å². The summed E-state index contributed by atoms with van der Waals surface area (Å²) in [4.78, 5) is 16.0. The van der Waals surface area contributed by atoms with Gasteiger partial charge in [-0.15, -0.1) is 21.5 Å². The summed E-state index contributed by atoms with van der Waals surface area (Å²) in [5, 5.41) is 13.9. The number of hydrogen-bond donors (Lipinski definition) is 1. The fourth-order valence-electron chi connectivity index (χ4n) is 3.53. The number of amides is 1. The highest BCUT2D eigenvalue weighted by Crippen LogP contribution is 2.25. The lowest BCUT2D eigenvalue weighted by molar-refractivity contribution is -0.125. The van der Waals surface area contributed by atoms with Crippen molar-refractivity contribution >= 4 is 23.1 Å². The van der Waals surface area contributed by atoms with Crippen molar-refractivity contribution in [2.24, 2.45) is 5.92 Å². The first-order chi connectivity index (χ1) is 14.2. The van der Waals surface area contributed by atoms with E-state index < -0.39 is 0 Å². The Hall–Kier alpha value is -2.93. The number of methoxy groups -OCH3 is 1. The Balaban J connectivity index is 1.34. The first-order valence-electron chi connectivity index (χ1n) is 9.76. The topological polar surface area (TPSA) is 67.3 Å². The number of thiophene rings is 1. The molecule has 29 heavy (non-hydrogen) atoms. The second kappa shape index (κ2) is 9.05. The van der Waals surface area contributed by atoms with E-state index in [1.54, 1.807) is 18.4 Å². The number of carbonyl (C=O) groups is 1. The summed E-state index contributed by atoms with van der Waals surface area (Å²) >= 11 is 1.65. The monoisotopic (exact) mass is 408 g/mol. The smallest absolute Gasteiger partial charge is 0.225 e. The molecule has 1 aliphatic heterocycles. The van der Waals surface area contributed by atoms with E-state index in [4.69, 9.17) is 4.74 Å². The van der Waals surface area contributed by atoms with Crippen molar-refractivity contribution in [3.05, 3.63) is 59.5 Å². The molecule has 1 atom stereocenters. The lowest BCUT2D eigenvalue weighted by Gasteiger charge is -2.32. The minimum atomic E-state index is -0.0410. The summed E-state index contributed by atoms with van der Waals surface area (Å²) in [6, 6.07) is 15.8. The average Bonchev–Trinajstić information content (AvgIpc) is 3.33. The van der Waals surface area contributed by atoms with E-state index in [1.165, 1.54) is 0 Å². The molecule has 0 saturated carbocycles. The molecule has 0 radical (unpaired) electrons. The summed E-state index contributed by atoms with van der Waals surface area (Å²) in [6.07, 6.45) is 1.86. The maximum Gasteiger partial charge on any atom is 0.225 e. The van der Waals surface area contributed by atoms with E-state index in [-0.39, 0.29) is 11.8 Å². The quantitative estimate of drug-likeness (QED) is 0.673. The number of benzene rings is 1. The van der Waals surface area contributed by atoms with Gasteiger partial charge in [-0.05, 0) is 54.1 Å². The number of anilines is 1. The number of rotatable bonds is 6. The fraction of sp³-hybridized carbons (Fsp3) is 0.318. The second-order valence-electron chi connectivity index (χ2n) is 7.11. The molecule has 1 fully saturated rings. The SMILES string of the molecule is COc1ccc(CNC(=O)C2CCCN(c3ccc(-c4cccs4)nn3)C2)cc1. The van der Waals surface area contributed by atoms with Crippen LogP contribution < -0.4 is 15.0 Å². The Bertz CT molecular complexity index is 926. The van der Waals surface area contributed by atoms with Crippen LogP contribution in [0, 0.1) is 5.92 Å². The van der Waals surface area contributed by atoms with E-state index in [0.29, 0.717) is 13.1 Å². The van der Waals surface area contributed by atoms with Crippen molar-refractivity contribution in [1.82, 2.24) is 15.5 Å². The van der Waals surface area contributed by atoms with Gasteiger partial charge in [-0.25, -0.2) is 0 Å². The lowest BCUT2D eigenvalue weighted by Crippen LogP contribution is -2.43. The molecule has 150 valence electrons. The highest BCUT2D eigenvalue weighted by atomic mass is 32.1. The minimum absolute atomic E-state index is 0.0410. The predicted octanol–water partition coefficient (Wildman–Crippen LogP) is 3.75. The number of carbonyl (C=O) groups excluding carboxylic acids is 1. The van der Waals surface area contributed by atoms with E-state index in [1.807, 2.05) is 53.9 Å². The van der Waals surface area contributed by atoms with E-state index in [2.05, 4.69) is 20.4 Å². The van der Waals surface area contributed by atoms with Gasteiger partial charge in [-0.1, -0.05) is 18.2 Å². The summed E-state index contributed by atoms with van der Waals surface area (Å²) < 4.78 is 5.17. The number of piperidine rings is 1. The van der Waals surface area contributed by atoms with Gasteiger partial charge in [0.1, 0.15) is 11.4 Å². The van der Waals surface area contributed by atoms with Gasteiger partial charge in [0.05, 0.1) is 17.9 Å². The van der Waals surface area contributed by atoms with Gasteiger partial charge < -0.3 is 15.0 Å². The van der Waals surface area contributed by atoms with Crippen molar-refractivity contribution in [2.75, 3.05) is 25.1 Å². The maximum atomic E-state index is 12.7. The highest BCUT2D eigenvalue weighted by Gasteiger charge is 2.26. The first-order valence-corrected chi connectivity index (χ1v) is 10.6. The van der Waals surface area contributed by atoms with Crippen molar-refractivity contribution in [2.45, 2.75) is 19.4 Å². The molecule has 4 rings (SSSR count). The Labute approximate surface area is 174 Å². The predicted molar refractivity (Wildman–Crippen MR) is 115 cm³/mol. The average molecular weight is 409 g/mol. The van der Waals surface area contributed by atoms with Crippen molar-refractivity contribution < 1.29 is 9.53 Å². The van der Waals surface area contributed by atoms with Crippen LogP contribution in [0.5, 0.6) is 5.75 Å². The van der Waals surface area contributed by atoms with Crippen LogP contribution in [-0.4, -0.2) is 36.3 Å². The molecule has 7 heteroatoms. The molecule has 1 N–H and O–H groups in total. The zero-order valence-electron chi connectivity index (χ0n) is 16.4. The molecule has 1 aliphatic rings. The molecule has 2 aromatic heterocycles. The third-order valence-electron chi connectivity index (χ3n) is 5.17. The molecular formula is C22H24N4O2S. The Morgan fingerprint density at radius 3 is 2.76 bits per heavy atom. The summed E-state index contributed by atoms with van der Waals surface area (Å²) in [5.41, 5.74) is 1.94. The second-order valence-corrected chi connectivity index (χ2v) is 8.05. The molecule has 0 bridgehead atoms. The highest BCUT2D eigenvalue weighted by molar-refractivity contribution is 7.13. The third-order valence-corrected chi connectivity index (χ3v) is 6.06. The number of nitrogens with one attached hydrogen (secondary N) is 1. The van der Waals surface area contributed by atoms with E-state index in [9.17, 15) is 4.79 Å². The molecule has 0 aliphatic carbocycles. The largest absolute Gasteiger partial charge is 0.497 e. The van der Waals surface area contributed by atoms with E-state index in [0.717, 1.165) is 47.1 Å². The zero-order valence-corrected chi connectivity index (χ0v) is 17.2. The summed E-state index contributed by atoms with van der Waals surface area (Å²) in [5.74, 6) is 1.70. The van der Waals surface area contributed by atoms with Gasteiger partial charge in [0.25, 0.3) is 0 Å². The number of hydrogen-bond acceptors (Lipinski definition) is 6. The molecule has 1 amide bonds. The summed E-state index contributed by atoms with van der Waals surface area (Å²) in [6.45, 7) is 2.09. The lowest BCUT2D eigenvalue weighted by atomic mass is 9.97. The third kappa shape index (κ3) is 4.74. The van der Waals surface area contributed by atoms with Crippen molar-refractivity contribution in [1.29, 1.82) is 0 Å². The van der Waals surface area contributed by atoms with Gasteiger partial charge in [-0.2, -0.15) is 0 Å². The van der Waals surface area contributed by atoms with Gasteiger partial charge in [-0.3, -0.25) is 4.79 Å². The molecule has 1 unspecified atom stereocenters. The van der Waals surface area contributed by atoms with Crippen LogP contribution in [0.15, 0.2) is 53.9 Å². The van der Waals surface area contributed by atoms with E-state index >= 15 is 0 Å². The molecule has 3 heterocycles. The normalized spacial score (nSPS) is 16.4. The number of nitrogens with zero attached hydrogens (tertiary/aromatic N) is 3. The summed E-state index contributed by atoms with van der Waals surface area (Å²) in [7, 11) is 1.64. The van der Waals surface area contributed by atoms with Crippen LogP contribution in [0.1, 0.15) is 18.4 Å². The Morgan fingerprint density at radius 2 is 2.07 bits per heavy atom. The molecule has 0 spiro atoms. The van der Waals surface area contributed by atoms with Gasteiger partial charge >= 0.3 is 0 Å². The van der Waals surface area contributed by atoms with Crippen LogP contribution in [0.4, 0.5) is 5.82 Å². The Kier molecular flexibility index (Phi) is 6.05. The minimum Gasteiger partial charge on any atom is -0.497 e. The first kappa shape index (κ1) is 19.4. The van der Waals surface area contributed by atoms with Crippen LogP contribution >= 0.6 is 11.3 Å². The zero-order chi connectivity index (χ0) is 20.1. The molecule has 6 nitrogen and oxygen atoms in total. The number of ether oxygens (including phenoxy) is 1. The maximum absolute atomic E-state index is 12.7. The number of aromatic nitrogens is 2. The van der Waals surface area contributed by atoms with Crippen LogP contribution in [-0.2, 0) is 11.3 Å².